The second-order valence-corrected chi connectivity index (χ2v) is 2.82. The highest BCUT2D eigenvalue weighted by Crippen LogP contribution is 2.23. The maximum Gasteiger partial charge on any atom is 0.134 e. The van der Waals surface area contributed by atoms with Gasteiger partial charge in [-0.15, -0.1) is 6.58 Å². The van der Waals surface area contributed by atoms with Crippen molar-refractivity contribution in [1.82, 2.24) is 4.84 Å². The van der Waals surface area contributed by atoms with Gasteiger partial charge in [0.25, 0.3) is 0 Å². The topological polar surface area (TPSA) is 12.0 Å². The van der Waals surface area contributed by atoms with Crippen LogP contribution in [0.5, 0.6) is 0 Å². The van der Waals surface area contributed by atoms with Gasteiger partial charge in [0.05, 0.1) is 6.04 Å². The summed E-state index contributed by atoms with van der Waals surface area (Å²) < 4.78 is 38.7. The van der Waals surface area contributed by atoms with Crippen molar-refractivity contribution in [3.05, 3.63) is 47.8 Å². The SMILES string of the molecule is C=C[C@@H](NCl)c1c(F)cc(F)cc1F. The number of hydrogen-bond acceptors (Lipinski definition) is 1. The minimum absolute atomic E-state index is 0.351. The van der Waals surface area contributed by atoms with Gasteiger partial charge >= 0.3 is 0 Å². The molecule has 0 unspecified atom stereocenters. The lowest BCUT2D eigenvalue weighted by Gasteiger charge is -2.11. The smallest absolute Gasteiger partial charge is 0.134 e. The molecule has 76 valence electrons. The van der Waals surface area contributed by atoms with Crippen LogP contribution in [0.15, 0.2) is 24.8 Å². The Bertz CT molecular complexity index is 331. The molecule has 0 aromatic heterocycles. The summed E-state index contributed by atoms with van der Waals surface area (Å²) >= 11 is 5.24. The molecule has 0 spiro atoms. The highest BCUT2D eigenvalue weighted by Gasteiger charge is 2.18. The molecular weight excluding hydrogens is 215 g/mol. The zero-order valence-electron chi connectivity index (χ0n) is 7.03. The van der Waals surface area contributed by atoms with Gasteiger partial charge in [0, 0.05) is 17.7 Å². The lowest BCUT2D eigenvalue weighted by molar-refractivity contribution is 0.512. The van der Waals surface area contributed by atoms with Crippen molar-refractivity contribution in [2.45, 2.75) is 6.04 Å². The average molecular weight is 222 g/mol. The number of hydrogen-bond donors (Lipinski definition) is 1. The lowest BCUT2D eigenvalue weighted by atomic mass is 10.1. The number of nitrogens with one attached hydrogen (secondary N) is 1. The molecule has 14 heavy (non-hydrogen) atoms. The first-order chi connectivity index (χ1) is 6.60. The minimum atomic E-state index is -0.999. The lowest BCUT2D eigenvalue weighted by Crippen LogP contribution is -2.12. The van der Waals surface area contributed by atoms with Crippen LogP contribution < -0.4 is 4.84 Å². The second kappa shape index (κ2) is 4.48. The average Bonchev–Trinajstić information content (AvgIpc) is 2.10. The first-order valence-electron chi connectivity index (χ1n) is 3.73. The summed E-state index contributed by atoms with van der Waals surface area (Å²) in [5, 5.41) is 0. The van der Waals surface area contributed by atoms with E-state index < -0.39 is 23.5 Å². The largest absolute Gasteiger partial charge is 0.222 e. The molecule has 0 fully saturated rings. The third-order valence-electron chi connectivity index (χ3n) is 1.71. The molecule has 0 aliphatic rings. The van der Waals surface area contributed by atoms with Gasteiger partial charge in [-0.25, -0.2) is 18.0 Å². The van der Waals surface area contributed by atoms with Gasteiger partial charge in [-0.3, -0.25) is 0 Å². The van der Waals surface area contributed by atoms with Crippen molar-refractivity contribution in [3.63, 3.8) is 0 Å². The van der Waals surface area contributed by atoms with E-state index in [-0.39, 0.29) is 5.56 Å². The molecule has 0 heterocycles. The first-order valence-corrected chi connectivity index (χ1v) is 4.11. The summed E-state index contributed by atoms with van der Waals surface area (Å²) in [4.78, 5) is 2.12. The molecule has 1 atom stereocenters. The maximum atomic E-state index is 13.1. The summed E-state index contributed by atoms with van der Waals surface area (Å²) in [6.45, 7) is 3.34. The van der Waals surface area contributed by atoms with Crippen LogP contribution in [0.1, 0.15) is 11.6 Å². The molecule has 1 aromatic rings. The Morgan fingerprint density at radius 2 is 1.79 bits per heavy atom. The van der Waals surface area contributed by atoms with Crippen molar-refractivity contribution in [2.75, 3.05) is 0 Å². The Morgan fingerprint density at radius 3 is 2.14 bits per heavy atom. The van der Waals surface area contributed by atoms with E-state index >= 15 is 0 Å². The maximum absolute atomic E-state index is 13.1. The van der Waals surface area contributed by atoms with Gasteiger partial charge in [-0.2, -0.15) is 0 Å². The van der Waals surface area contributed by atoms with E-state index in [1.54, 1.807) is 0 Å². The van der Waals surface area contributed by atoms with Gasteiger partial charge in [0.1, 0.15) is 17.5 Å². The summed E-state index contributed by atoms with van der Waals surface area (Å²) in [6, 6.07) is 0.281. The van der Waals surface area contributed by atoms with Crippen LogP contribution in [-0.2, 0) is 0 Å². The van der Waals surface area contributed by atoms with Crippen molar-refractivity contribution in [3.8, 4) is 0 Å². The number of rotatable bonds is 3. The van der Waals surface area contributed by atoms with Crippen LogP contribution in [-0.4, -0.2) is 0 Å². The summed E-state index contributed by atoms with van der Waals surface area (Å²) in [5.74, 6) is -2.97. The Kier molecular flexibility index (Phi) is 3.55. The fourth-order valence-corrected chi connectivity index (χ4v) is 1.27. The molecule has 1 rings (SSSR count). The standard InChI is InChI=1S/C9H7ClF3N/c1-2-8(14-10)9-6(12)3-5(11)4-7(9)13/h2-4,8,14H,1H2/t8-/m1/s1. The highest BCUT2D eigenvalue weighted by atomic mass is 35.5. The van der Waals surface area contributed by atoms with Gasteiger partial charge in [0.2, 0.25) is 0 Å². The van der Waals surface area contributed by atoms with Crippen LogP contribution in [0.2, 0.25) is 0 Å². The van der Waals surface area contributed by atoms with E-state index in [1.165, 1.54) is 6.08 Å². The Morgan fingerprint density at radius 1 is 1.29 bits per heavy atom. The summed E-state index contributed by atoms with van der Waals surface area (Å²) in [5.41, 5.74) is -0.351. The van der Waals surface area contributed by atoms with Crippen LogP contribution in [0.4, 0.5) is 13.2 Å². The molecule has 0 bridgehead atoms. The second-order valence-electron chi connectivity index (χ2n) is 2.61. The molecule has 5 heteroatoms. The summed E-state index contributed by atoms with van der Waals surface area (Å²) in [6.07, 6.45) is 1.21. The van der Waals surface area contributed by atoms with Crippen molar-refractivity contribution in [1.29, 1.82) is 0 Å². The highest BCUT2D eigenvalue weighted by molar-refractivity contribution is 6.13. The minimum Gasteiger partial charge on any atom is -0.222 e. The van der Waals surface area contributed by atoms with Crippen molar-refractivity contribution in [2.24, 2.45) is 0 Å². The molecule has 0 saturated carbocycles. The van der Waals surface area contributed by atoms with Crippen LogP contribution in [0, 0.1) is 17.5 Å². The monoisotopic (exact) mass is 221 g/mol. The molecule has 0 radical (unpaired) electrons. The first kappa shape index (κ1) is 11.1. The Hall–Kier alpha value is -1.00. The van der Waals surface area contributed by atoms with Crippen LogP contribution in [0.3, 0.4) is 0 Å². The molecule has 1 nitrogen and oxygen atoms in total. The fraction of sp³-hybridized carbons (Fsp3) is 0.111. The quantitative estimate of drug-likeness (QED) is 0.611. The molecule has 0 aliphatic heterocycles. The van der Waals surface area contributed by atoms with Gasteiger partial charge < -0.3 is 0 Å². The van der Waals surface area contributed by atoms with E-state index in [2.05, 4.69) is 11.4 Å². The Balaban J connectivity index is 3.25. The number of benzene rings is 1. The van der Waals surface area contributed by atoms with Gasteiger partial charge in [-0.1, -0.05) is 6.08 Å². The van der Waals surface area contributed by atoms with Gasteiger partial charge in [-0.05, 0) is 11.8 Å². The summed E-state index contributed by atoms with van der Waals surface area (Å²) in [7, 11) is 0. The normalized spacial score (nSPS) is 12.6. The Labute approximate surface area is 84.3 Å². The van der Waals surface area contributed by atoms with Crippen molar-refractivity contribution < 1.29 is 13.2 Å². The van der Waals surface area contributed by atoms with Crippen molar-refractivity contribution >= 4 is 11.8 Å². The molecular formula is C9H7ClF3N. The molecule has 0 saturated heterocycles. The zero-order chi connectivity index (χ0) is 10.7. The van der Waals surface area contributed by atoms with Gasteiger partial charge in [0.15, 0.2) is 0 Å². The van der Waals surface area contributed by atoms with E-state index in [4.69, 9.17) is 11.8 Å². The van der Waals surface area contributed by atoms with Crippen LogP contribution in [0.25, 0.3) is 0 Å². The predicted molar refractivity (Wildman–Crippen MR) is 48.2 cm³/mol. The van der Waals surface area contributed by atoms with E-state index in [1.807, 2.05) is 0 Å². The van der Waals surface area contributed by atoms with E-state index in [0.29, 0.717) is 12.1 Å². The zero-order valence-corrected chi connectivity index (χ0v) is 7.78. The number of halogens is 4. The molecule has 1 aromatic carbocycles. The molecule has 0 amide bonds. The third-order valence-corrected chi connectivity index (χ3v) is 1.94. The van der Waals surface area contributed by atoms with E-state index in [0.717, 1.165) is 0 Å². The molecule has 0 aliphatic carbocycles. The fourth-order valence-electron chi connectivity index (χ4n) is 1.07. The predicted octanol–water partition coefficient (Wildman–Crippen LogP) is 3.07. The van der Waals surface area contributed by atoms with E-state index in [9.17, 15) is 13.2 Å². The third kappa shape index (κ3) is 2.08. The van der Waals surface area contributed by atoms with Crippen LogP contribution >= 0.6 is 11.8 Å². The molecule has 1 N–H and O–H groups in total.